The molecule has 1 aromatic heterocycles. The maximum Gasteiger partial charge on any atom is 0.327 e. The number of rotatable bonds is 9. The smallest absolute Gasteiger partial charge is 0.327 e. The first-order valence-corrected chi connectivity index (χ1v) is 21.0. The van der Waals surface area contributed by atoms with Crippen LogP contribution in [0.4, 0.5) is 21.0 Å². The van der Waals surface area contributed by atoms with E-state index in [1.807, 2.05) is 41.3 Å². The highest BCUT2D eigenvalue weighted by molar-refractivity contribution is 9.11. The fourth-order valence-corrected chi connectivity index (χ4v) is 9.66. The lowest BCUT2D eigenvalue weighted by Gasteiger charge is -2.44. The van der Waals surface area contributed by atoms with E-state index in [0.717, 1.165) is 42.9 Å². The second-order valence-corrected chi connectivity index (χ2v) is 16.8. The van der Waals surface area contributed by atoms with E-state index < -0.39 is 24.0 Å². The molecule has 2 atom stereocenters. The average molecular weight is 896 g/mol. The van der Waals surface area contributed by atoms with Crippen molar-refractivity contribution in [1.82, 2.24) is 29.9 Å². The number of piperazine rings is 1. The fourth-order valence-electron chi connectivity index (χ4n) is 8.38. The van der Waals surface area contributed by atoms with Gasteiger partial charge in [-0.2, -0.15) is 0 Å². The zero-order valence-electron chi connectivity index (χ0n) is 31.3. The Morgan fingerprint density at radius 3 is 2.25 bits per heavy atom. The fraction of sp³-hybridized carbons (Fsp3) is 0.475. The third kappa shape index (κ3) is 8.98. The molecule has 0 bridgehead atoms. The number of nitrogens with one attached hydrogen (secondary N) is 2. The highest BCUT2D eigenvalue weighted by Crippen LogP contribution is 2.34. The predicted molar refractivity (Wildman–Crippen MR) is 220 cm³/mol. The maximum atomic E-state index is 14.9. The SMILES string of the molecule is N[C@H](Cc1cc(Br)c(O)c(Br)c1)C(=O)N(C(=O)N1CCC(N2Cc3ccccc3NC2=O)CC1)[C@H](CC1CCNCC1)C(=O)N1CCN(c2ccncc2)CC1. The number of piperidine rings is 2. The molecule has 3 aromatic rings. The number of fused-ring (bicyclic) bond motifs is 1. The van der Waals surface area contributed by atoms with Crippen molar-refractivity contribution in [1.29, 1.82) is 0 Å². The predicted octanol–water partition coefficient (Wildman–Crippen LogP) is 4.75. The minimum atomic E-state index is -1.15. The van der Waals surface area contributed by atoms with Gasteiger partial charge in [-0.05, 0) is 131 Å². The summed E-state index contributed by atoms with van der Waals surface area (Å²) in [5.74, 6) is -0.720. The first-order chi connectivity index (χ1) is 27.1. The number of nitrogens with two attached hydrogens (primary N) is 1. The number of phenolic OH excluding ortho intramolecular Hbond substituents is 1. The lowest BCUT2D eigenvalue weighted by molar-refractivity contribution is -0.145. The molecule has 0 unspecified atom stereocenters. The molecular formula is C40H49Br2N9O5. The number of hydrogen-bond donors (Lipinski definition) is 4. The molecule has 0 saturated carbocycles. The van der Waals surface area contributed by atoms with Crippen molar-refractivity contribution >= 4 is 67.1 Å². The number of likely N-dealkylation sites (tertiary alicyclic amines) is 1. The van der Waals surface area contributed by atoms with Crippen molar-refractivity contribution in [2.45, 2.75) is 63.2 Å². The second-order valence-electron chi connectivity index (χ2n) is 15.1. The van der Waals surface area contributed by atoms with Gasteiger partial charge in [-0.25, -0.2) is 9.59 Å². The van der Waals surface area contributed by atoms with Gasteiger partial charge in [-0.3, -0.25) is 19.5 Å². The highest BCUT2D eigenvalue weighted by atomic mass is 79.9. The van der Waals surface area contributed by atoms with Crippen LogP contribution in [0.2, 0.25) is 0 Å². The number of amides is 6. The minimum absolute atomic E-state index is 0.0248. The molecule has 3 saturated heterocycles. The van der Waals surface area contributed by atoms with Gasteiger partial charge in [0.25, 0.3) is 0 Å². The van der Waals surface area contributed by atoms with Crippen molar-refractivity contribution < 1.29 is 24.3 Å². The number of halogens is 2. The van der Waals surface area contributed by atoms with E-state index in [0.29, 0.717) is 79.6 Å². The van der Waals surface area contributed by atoms with Crippen LogP contribution in [-0.4, -0.2) is 124 Å². The van der Waals surface area contributed by atoms with Crippen LogP contribution in [0.25, 0.3) is 0 Å². The van der Waals surface area contributed by atoms with Crippen molar-refractivity contribution in [2.75, 3.05) is 62.6 Å². The van der Waals surface area contributed by atoms with E-state index in [-0.39, 0.29) is 36.1 Å². The summed E-state index contributed by atoms with van der Waals surface area (Å²) in [7, 11) is 0. The van der Waals surface area contributed by atoms with Crippen LogP contribution in [0, 0.1) is 5.92 Å². The number of para-hydroxylation sites is 1. The summed E-state index contributed by atoms with van der Waals surface area (Å²) < 4.78 is 0.876. The maximum absolute atomic E-state index is 14.9. The van der Waals surface area contributed by atoms with E-state index >= 15 is 0 Å². The Morgan fingerprint density at radius 1 is 0.911 bits per heavy atom. The molecule has 5 heterocycles. The summed E-state index contributed by atoms with van der Waals surface area (Å²) in [6.45, 7) is 4.77. The molecule has 56 heavy (non-hydrogen) atoms. The summed E-state index contributed by atoms with van der Waals surface area (Å²) in [6.07, 6.45) is 6.61. The molecule has 0 spiro atoms. The summed E-state index contributed by atoms with van der Waals surface area (Å²) >= 11 is 6.73. The molecule has 16 heteroatoms. The van der Waals surface area contributed by atoms with Crippen molar-refractivity contribution in [3.05, 3.63) is 81.0 Å². The van der Waals surface area contributed by atoms with Gasteiger partial charge in [0, 0.05) is 75.6 Å². The van der Waals surface area contributed by atoms with Gasteiger partial charge in [-0.1, -0.05) is 18.2 Å². The van der Waals surface area contributed by atoms with E-state index in [4.69, 9.17) is 5.73 Å². The van der Waals surface area contributed by atoms with Gasteiger partial charge in [0.1, 0.15) is 11.8 Å². The number of aromatic nitrogens is 1. The topological polar surface area (TPSA) is 168 Å². The van der Waals surface area contributed by atoms with Crippen molar-refractivity contribution in [2.24, 2.45) is 11.7 Å². The Hall–Kier alpha value is -4.25. The number of hydrogen-bond acceptors (Lipinski definition) is 9. The molecule has 0 aliphatic carbocycles. The van der Waals surface area contributed by atoms with Gasteiger partial charge in [0.15, 0.2) is 0 Å². The number of imide groups is 1. The molecule has 3 fully saturated rings. The Kier molecular flexibility index (Phi) is 12.8. The second kappa shape index (κ2) is 17.9. The van der Waals surface area contributed by atoms with E-state index in [1.54, 1.807) is 34.3 Å². The summed E-state index contributed by atoms with van der Waals surface area (Å²) in [4.78, 5) is 70.4. The molecule has 4 aliphatic rings. The Morgan fingerprint density at radius 2 is 1.57 bits per heavy atom. The first kappa shape index (κ1) is 40.0. The molecule has 6 amide bonds. The number of urea groups is 2. The largest absolute Gasteiger partial charge is 0.506 e. The normalized spacial score (nSPS) is 19.2. The molecule has 0 radical (unpaired) electrons. The molecule has 7 rings (SSSR count). The quantitative estimate of drug-likeness (QED) is 0.237. The first-order valence-electron chi connectivity index (χ1n) is 19.4. The monoisotopic (exact) mass is 893 g/mol. The molecule has 14 nitrogen and oxygen atoms in total. The van der Waals surface area contributed by atoms with Crippen LogP contribution in [0.5, 0.6) is 5.75 Å². The molecule has 4 aliphatic heterocycles. The van der Waals surface area contributed by atoms with Crippen LogP contribution in [0.15, 0.2) is 69.9 Å². The third-order valence-corrected chi connectivity index (χ3v) is 12.8. The number of benzene rings is 2. The number of pyridine rings is 1. The third-order valence-electron chi connectivity index (χ3n) is 11.6. The lowest BCUT2D eigenvalue weighted by atomic mass is 9.89. The number of carbonyl (C=O) groups is 4. The van der Waals surface area contributed by atoms with Gasteiger partial charge < -0.3 is 41.1 Å². The average Bonchev–Trinajstić information content (AvgIpc) is 3.22. The van der Waals surface area contributed by atoms with Crippen LogP contribution in [-0.2, 0) is 22.6 Å². The number of aromatic hydroxyl groups is 1. The van der Waals surface area contributed by atoms with Crippen molar-refractivity contribution in [3.8, 4) is 5.75 Å². The van der Waals surface area contributed by atoms with Gasteiger partial charge >= 0.3 is 12.1 Å². The molecule has 2 aromatic carbocycles. The zero-order chi connectivity index (χ0) is 39.3. The van der Waals surface area contributed by atoms with Crippen molar-refractivity contribution in [3.63, 3.8) is 0 Å². The van der Waals surface area contributed by atoms with Crippen LogP contribution >= 0.6 is 31.9 Å². The molecule has 5 N–H and O–H groups in total. The van der Waals surface area contributed by atoms with Crippen LogP contribution in [0.1, 0.15) is 43.2 Å². The summed E-state index contributed by atoms with van der Waals surface area (Å²) in [5.41, 5.74) is 10.2. The summed E-state index contributed by atoms with van der Waals surface area (Å²) in [6, 6.07) is 12.0. The van der Waals surface area contributed by atoms with E-state index in [2.05, 4.69) is 52.4 Å². The zero-order valence-corrected chi connectivity index (χ0v) is 34.5. The minimum Gasteiger partial charge on any atom is -0.506 e. The Bertz CT molecular complexity index is 1880. The number of anilines is 2. The van der Waals surface area contributed by atoms with Crippen LogP contribution in [0.3, 0.4) is 0 Å². The van der Waals surface area contributed by atoms with E-state index in [1.165, 1.54) is 4.90 Å². The Labute approximate surface area is 344 Å². The number of carbonyl (C=O) groups excluding carboxylic acids is 4. The van der Waals surface area contributed by atoms with Gasteiger partial charge in [0.05, 0.1) is 15.0 Å². The Balaban J connectivity index is 1.14. The molecule has 298 valence electrons. The highest BCUT2D eigenvalue weighted by Gasteiger charge is 2.44. The van der Waals surface area contributed by atoms with E-state index in [9.17, 15) is 24.3 Å². The number of nitrogens with zero attached hydrogens (tertiary/aromatic N) is 6. The van der Waals surface area contributed by atoms with Gasteiger partial charge in [0.2, 0.25) is 11.8 Å². The number of phenols is 1. The molecular weight excluding hydrogens is 846 g/mol. The van der Waals surface area contributed by atoms with Crippen LogP contribution < -0.4 is 21.3 Å². The van der Waals surface area contributed by atoms with Gasteiger partial charge in [-0.15, -0.1) is 0 Å². The lowest BCUT2D eigenvalue weighted by Crippen LogP contribution is -2.63. The summed E-state index contributed by atoms with van der Waals surface area (Å²) in [5, 5.41) is 16.7. The standard InChI is InChI=1S/C40H49Br2N9O5/c41-31-21-27(22-32(42)36(31)52)23-33(43)37(53)51(40(56)49-15-9-30(10-16-49)50-25-28-3-1-2-4-34(28)46-39(50)55)35(24-26-5-11-44-12-6-26)38(54)48-19-17-47(18-20-48)29-7-13-45-14-8-29/h1-4,7-8,13-14,21-22,26,30,33,35,44,52H,5-6,9-12,15-20,23-25,43H2,(H,46,55)/t33-,35-/m1/s1.